The van der Waals surface area contributed by atoms with Crippen LogP contribution < -0.4 is 9.47 Å². The molecule has 1 unspecified atom stereocenters. The molecule has 0 bridgehead atoms. The van der Waals surface area contributed by atoms with Crippen LogP contribution in [0.4, 0.5) is 0 Å². The SMILES string of the molecule is [CH2]c1ccncc1-c1ccc(OC)c(OC2CCCO2)c1. The molecule has 1 atom stereocenters. The van der Waals surface area contributed by atoms with Crippen molar-refractivity contribution in [3.8, 4) is 22.6 Å². The van der Waals surface area contributed by atoms with E-state index in [9.17, 15) is 0 Å². The minimum Gasteiger partial charge on any atom is -0.493 e. The lowest BCUT2D eigenvalue weighted by Crippen LogP contribution is -2.14. The second-order valence-corrected chi connectivity index (χ2v) is 4.96. The fraction of sp³-hybridized carbons (Fsp3) is 0.294. The number of nitrogens with zero attached hydrogens (tertiary/aromatic N) is 1. The average molecular weight is 284 g/mol. The zero-order valence-corrected chi connectivity index (χ0v) is 12.0. The van der Waals surface area contributed by atoms with E-state index in [1.54, 1.807) is 19.5 Å². The number of benzene rings is 1. The number of hydrogen-bond acceptors (Lipinski definition) is 4. The lowest BCUT2D eigenvalue weighted by Gasteiger charge is -2.16. The summed E-state index contributed by atoms with van der Waals surface area (Å²) in [7, 11) is 1.63. The molecule has 4 nitrogen and oxygen atoms in total. The number of ether oxygens (including phenoxy) is 3. The van der Waals surface area contributed by atoms with Crippen molar-refractivity contribution in [2.75, 3.05) is 13.7 Å². The molecule has 1 saturated heterocycles. The molecule has 109 valence electrons. The van der Waals surface area contributed by atoms with Gasteiger partial charge in [0.2, 0.25) is 0 Å². The van der Waals surface area contributed by atoms with Gasteiger partial charge in [-0.05, 0) is 42.7 Å². The fourth-order valence-corrected chi connectivity index (χ4v) is 2.40. The minimum atomic E-state index is -0.192. The lowest BCUT2D eigenvalue weighted by molar-refractivity contribution is -0.0402. The molecule has 0 amide bonds. The van der Waals surface area contributed by atoms with Crippen molar-refractivity contribution in [2.24, 2.45) is 0 Å². The van der Waals surface area contributed by atoms with Crippen molar-refractivity contribution in [3.05, 3.63) is 49.1 Å². The Kier molecular flexibility index (Phi) is 4.06. The van der Waals surface area contributed by atoms with E-state index in [4.69, 9.17) is 14.2 Å². The molecular formula is C17H18NO3. The Balaban J connectivity index is 1.94. The number of aromatic nitrogens is 1. The minimum absolute atomic E-state index is 0.192. The molecule has 1 aliphatic rings. The van der Waals surface area contributed by atoms with Crippen LogP contribution in [0.25, 0.3) is 11.1 Å². The summed E-state index contributed by atoms with van der Waals surface area (Å²) < 4.78 is 16.8. The molecule has 21 heavy (non-hydrogen) atoms. The Hall–Kier alpha value is -2.07. The van der Waals surface area contributed by atoms with E-state index in [2.05, 4.69) is 11.9 Å². The molecule has 4 heteroatoms. The van der Waals surface area contributed by atoms with Crippen molar-refractivity contribution in [1.82, 2.24) is 4.98 Å². The Morgan fingerprint density at radius 2 is 2.19 bits per heavy atom. The predicted octanol–water partition coefficient (Wildman–Crippen LogP) is 3.45. The van der Waals surface area contributed by atoms with Gasteiger partial charge in [0, 0.05) is 24.4 Å². The molecule has 0 N–H and O–H groups in total. The average Bonchev–Trinajstić information content (AvgIpc) is 3.01. The molecular weight excluding hydrogens is 266 g/mol. The van der Waals surface area contributed by atoms with Gasteiger partial charge in [0.05, 0.1) is 13.7 Å². The van der Waals surface area contributed by atoms with Crippen molar-refractivity contribution < 1.29 is 14.2 Å². The molecule has 3 rings (SSSR count). The van der Waals surface area contributed by atoms with E-state index in [-0.39, 0.29) is 6.29 Å². The van der Waals surface area contributed by atoms with E-state index >= 15 is 0 Å². The molecule has 1 aliphatic heterocycles. The highest BCUT2D eigenvalue weighted by Crippen LogP contribution is 2.35. The first kappa shape index (κ1) is 13.9. The highest BCUT2D eigenvalue weighted by Gasteiger charge is 2.19. The van der Waals surface area contributed by atoms with Crippen molar-refractivity contribution >= 4 is 0 Å². The third-order valence-corrected chi connectivity index (χ3v) is 3.53. The number of hydrogen-bond donors (Lipinski definition) is 0. The summed E-state index contributed by atoms with van der Waals surface area (Å²) >= 11 is 0. The van der Waals surface area contributed by atoms with Gasteiger partial charge in [0.25, 0.3) is 0 Å². The second-order valence-electron chi connectivity index (χ2n) is 4.96. The maximum Gasteiger partial charge on any atom is 0.200 e. The maximum absolute atomic E-state index is 5.91. The van der Waals surface area contributed by atoms with E-state index in [0.717, 1.165) is 36.1 Å². The molecule has 0 spiro atoms. The smallest absolute Gasteiger partial charge is 0.200 e. The quantitative estimate of drug-likeness (QED) is 0.862. The first-order valence-electron chi connectivity index (χ1n) is 7.00. The van der Waals surface area contributed by atoms with Crippen LogP contribution in [0.15, 0.2) is 36.7 Å². The summed E-state index contributed by atoms with van der Waals surface area (Å²) in [6, 6.07) is 7.71. The van der Waals surface area contributed by atoms with Gasteiger partial charge in [0.1, 0.15) is 0 Å². The summed E-state index contributed by atoms with van der Waals surface area (Å²) in [6.07, 6.45) is 5.28. The summed E-state index contributed by atoms with van der Waals surface area (Å²) in [5, 5.41) is 0. The van der Waals surface area contributed by atoms with Crippen LogP contribution in [0.2, 0.25) is 0 Å². The van der Waals surface area contributed by atoms with Gasteiger partial charge in [-0.15, -0.1) is 0 Å². The van der Waals surface area contributed by atoms with Crippen LogP contribution in [0.5, 0.6) is 11.5 Å². The molecule has 2 aromatic rings. The van der Waals surface area contributed by atoms with Crippen LogP contribution in [-0.2, 0) is 4.74 Å². The highest BCUT2D eigenvalue weighted by molar-refractivity contribution is 5.70. The number of rotatable bonds is 4. The zero-order chi connectivity index (χ0) is 14.7. The Morgan fingerprint density at radius 1 is 1.29 bits per heavy atom. The van der Waals surface area contributed by atoms with Gasteiger partial charge in [-0.1, -0.05) is 6.07 Å². The standard InChI is InChI=1S/C17H18NO3/c1-12-7-8-18-11-14(12)13-5-6-15(19-2)16(10-13)21-17-4-3-9-20-17/h5-8,10-11,17H,1,3-4,9H2,2H3. The molecule has 0 saturated carbocycles. The summed E-state index contributed by atoms with van der Waals surface area (Å²) in [4.78, 5) is 4.16. The highest BCUT2D eigenvalue weighted by atomic mass is 16.7. The van der Waals surface area contributed by atoms with Crippen LogP contribution in [0.1, 0.15) is 18.4 Å². The van der Waals surface area contributed by atoms with Gasteiger partial charge in [-0.25, -0.2) is 0 Å². The molecule has 1 fully saturated rings. The Labute approximate surface area is 124 Å². The summed E-state index contributed by atoms with van der Waals surface area (Å²) in [6.45, 7) is 4.78. The van der Waals surface area contributed by atoms with Gasteiger partial charge in [0.15, 0.2) is 17.8 Å². The normalized spacial score (nSPS) is 17.7. The van der Waals surface area contributed by atoms with E-state index < -0.39 is 0 Å². The topological polar surface area (TPSA) is 40.6 Å². The monoisotopic (exact) mass is 284 g/mol. The summed E-state index contributed by atoms with van der Waals surface area (Å²) in [5.41, 5.74) is 2.91. The van der Waals surface area contributed by atoms with Gasteiger partial charge in [-0.2, -0.15) is 0 Å². The van der Waals surface area contributed by atoms with Crippen LogP contribution in [0, 0.1) is 6.92 Å². The molecule has 1 radical (unpaired) electrons. The number of pyridine rings is 1. The third kappa shape index (κ3) is 3.00. The Morgan fingerprint density at radius 3 is 2.90 bits per heavy atom. The maximum atomic E-state index is 5.91. The van der Waals surface area contributed by atoms with E-state index in [1.165, 1.54) is 0 Å². The third-order valence-electron chi connectivity index (χ3n) is 3.53. The number of methoxy groups -OCH3 is 1. The summed E-state index contributed by atoms with van der Waals surface area (Å²) in [5.74, 6) is 1.38. The van der Waals surface area contributed by atoms with Crippen molar-refractivity contribution in [3.63, 3.8) is 0 Å². The zero-order valence-electron chi connectivity index (χ0n) is 12.0. The van der Waals surface area contributed by atoms with Crippen LogP contribution in [-0.4, -0.2) is 25.0 Å². The van der Waals surface area contributed by atoms with Gasteiger partial charge < -0.3 is 14.2 Å². The Bertz CT molecular complexity index is 621. The van der Waals surface area contributed by atoms with E-state index in [1.807, 2.05) is 24.3 Å². The fourth-order valence-electron chi connectivity index (χ4n) is 2.40. The van der Waals surface area contributed by atoms with Crippen LogP contribution in [0.3, 0.4) is 0 Å². The van der Waals surface area contributed by atoms with Crippen LogP contribution >= 0.6 is 0 Å². The molecule has 0 aliphatic carbocycles. The largest absolute Gasteiger partial charge is 0.493 e. The van der Waals surface area contributed by atoms with Crippen molar-refractivity contribution in [2.45, 2.75) is 19.1 Å². The van der Waals surface area contributed by atoms with E-state index in [0.29, 0.717) is 11.5 Å². The second kappa shape index (κ2) is 6.14. The lowest BCUT2D eigenvalue weighted by atomic mass is 10.0. The molecule has 1 aromatic heterocycles. The van der Waals surface area contributed by atoms with Gasteiger partial charge in [-0.3, -0.25) is 4.98 Å². The molecule has 2 heterocycles. The van der Waals surface area contributed by atoms with Gasteiger partial charge >= 0.3 is 0 Å². The first-order valence-corrected chi connectivity index (χ1v) is 7.00. The predicted molar refractivity (Wildman–Crippen MR) is 80.3 cm³/mol. The van der Waals surface area contributed by atoms with Crippen molar-refractivity contribution in [1.29, 1.82) is 0 Å². The molecule has 1 aromatic carbocycles. The first-order chi connectivity index (χ1) is 10.3.